The van der Waals surface area contributed by atoms with Gasteiger partial charge in [-0.1, -0.05) is 36.4 Å². The molecule has 4 amide bonds. The number of hydrogen-bond donors (Lipinski definition) is 8. The van der Waals surface area contributed by atoms with Gasteiger partial charge in [0.05, 0.1) is 0 Å². The molecule has 0 aliphatic rings. The van der Waals surface area contributed by atoms with Gasteiger partial charge < -0.3 is 20.8 Å². The second-order valence-corrected chi connectivity index (χ2v) is 14.9. The number of fused-ring (bicyclic) bond motifs is 2. The van der Waals surface area contributed by atoms with Gasteiger partial charge in [0.1, 0.15) is 21.3 Å². The molecular formula is C37H30N4O11S2. The van der Waals surface area contributed by atoms with Crippen molar-refractivity contribution in [3.63, 3.8) is 0 Å². The van der Waals surface area contributed by atoms with Crippen molar-refractivity contribution < 1.29 is 50.5 Å². The molecule has 0 fully saturated rings. The van der Waals surface area contributed by atoms with E-state index >= 15 is 0 Å². The summed E-state index contributed by atoms with van der Waals surface area (Å²) < 4.78 is 67.2. The van der Waals surface area contributed by atoms with Crippen LogP contribution in [-0.2, 0) is 20.2 Å². The van der Waals surface area contributed by atoms with Gasteiger partial charge >= 0.3 is 6.03 Å². The number of phenols is 2. The van der Waals surface area contributed by atoms with E-state index in [0.717, 1.165) is 12.1 Å². The molecule has 0 aliphatic heterocycles. The molecule has 54 heavy (non-hydrogen) atoms. The molecule has 0 spiro atoms. The molecule has 6 aromatic carbocycles. The summed E-state index contributed by atoms with van der Waals surface area (Å²) in [5.41, 5.74) is 2.80. The smallest absolute Gasteiger partial charge is 0.328 e. The van der Waals surface area contributed by atoms with Crippen LogP contribution in [0.4, 0.5) is 27.5 Å². The molecule has 0 atom stereocenters. The van der Waals surface area contributed by atoms with E-state index in [-0.39, 0.29) is 44.2 Å². The maximum atomic E-state index is 13.1. The molecule has 0 bridgehead atoms. The number of rotatable bonds is 8. The Morgan fingerprint density at radius 2 is 0.907 bits per heavy atom. The van der Waals surface area contributed by atoms with Gasteiger partial charge in [-0.05, 0) is 85.6 Å². The van der Waals surface area contributed by atoms with Gasteiger partial charge in [-0.15, -0.1) is 0 Å². The Morgan fingerprint density at radius 3 is 1.28 bits per heavy atom. The Morgan fingerprint density at radius 1 is 0.519 bits per heavy atom. The van der Waals surface area contributed by atoms with Crippen LogP contribution < -0.4 is 21.3 Å². The molecule has 0 heterocycles. The molecular weight excluding hydrogens is 741 g/mol. The number of imide groups is 2. The van der Waals surface area contributed by atoms with E-state index < -0.39 is 47.9 Å². The first kappa shape index (κ1) is 37.2. The van der Waals surface area contributed by atoms with E-state index in [4.69, 9.17) is 0 Å². The monoisotopic (exact) mass is 770 g/mol. The lowest BCUT2D eigenvalue weighted by molar-refractivity contribution is 0.0944. The summed E-state index contributed by atoms with van der Waals surface area (Å²) in [5, 5.41) is 31.5. The highest BCUT2D eigenvalue weighted by atomic mass is 32.2. The number of aromatic hydroxyl groups is 2. The van der Waals surface area contributed by atoms with Crippen LogP contribution in [0, 0.1) is 13.8 Å². The Kier molecular flexibility index (Phi) is 9.74. The van der Waals surface area contributed by atoms with Crippen LogP contribution in [0.25, 0.3) is 21.5 Å². The average Bonchev–Trinajstić information content (AvgIpc) is 3.11. The Bertz CT molecular complexity index is 2600. The highest BCUT2D eigenvalue weighted by Crippen LogP contribution is 2.39. The Hall–Kier alpha value is -6.53. The van der Waals surface area contributed by atoms with E-state index in [1.807, 2.05) is 0 Å². The summed E-state index contributed by atoms with van der Waals surface area (Å²) in [5.74, 6) is -2.48. The van der Waals surface area contributed by atoms with E-state index in [1.165, 1.54) is 72.8 Å². The summed E-state index contributed by atoms with van der Waals surface area (Å²) >= 11 is 0. The lowest BCUT2D eigenvalue weighted by Crippen LogP contribution is -2.42. The topological polar surface area (TPSA) is 249 Å². The van der Waals surface area contributed by atoms with Crippen LogP contribution in [0.15, 0.2) is 107 Å². The lowest BCUT2D eigenvalue weighted by Gasteiger charge is -2.16. The first-order valence-corrected chi connectivity index (χ1v) is 18.7. The summed E-state index contributed by atoms with van der Waals surface area (Å²) in [4.78, 5) is 38.0. The van der Waals surface area contributed by atoms with E-state index in [0.29, 0.717) is 33.9 Å². The zero-order valence-electron chi connectivity index (χ0n) is 28.2. The fourth-order valence-electron chi connectivity index (χ4n) is 5.83. The summed E-state index contributed by atoms with van der Waals surface area (Å²) in [6.45, 7) is 3.46. The summed E-state index contributed by atoms with van der Waals surface area (Å²) in [7, 11) is -9.35. The predicted molar refractivity (Wildman–Crippen MR) is 200 cm³/mol. The van der Waals surface area contributed by atoms with Crippen LogP contribution in [0.1, 0.15) is 31.8 Å². The third-order valence-corrected chi connectivity index (χ3v) is 10.3. The summed E-state index contributed by atoms with van der Waals surface area (Å²) in [6.07, 6.45) is 0. The van der Waals surface area contributed by atoms with Gasteiger partial charge in [0, 0.05) is 55.4 Å². The number of hydrogen-bond acceptors (Lipinski definition) is 11. The standard InChI is InChI=1S/C37H30N4O11S2/c1-19-9-11-21(17-27(19)38-25-13-15-29(42)33-23(25)5-3-7-31(33)53(47,48)49)35(44)40-37(46)41-36(45)22-12-10-20(2)28(18-22)39-26-14-16-30(43)34-24(26)6-4-8-32(34)54(50,51)52/h3-18,38-39,42-43H,1-2H3,(H,47,48,49)(H,50,51,52)(H2,40,41,44,45,46). The summed E-state index contributed by atoms with van der Waals surface area (Å²) in [6, 6.07) is 21.4. The molecule has 8 N–H and O–H groups in total. The highest BCUT2D eigenvalue weighted by molar-refractivity contribution is 7.86. The Balaban J connectivity index is 1.18. The number of nitrogens with one attached hydrogen (secondary N) is 4. The molecule has 0 saturated carbocycles. The van der Waals surface area contributed by atoms with E-state index in [2.05, 4.69) is 21.3 Å². The highest BCUT2D eigenvalue weighted by Gasteiger charge is 2.21. The minimum Gasteiger partial charge on any atom is -0.507 e. The number of aryl methyl sites for hydroxylation is 2. The largest absolute Gasteiger partial charge is 0.507 e. The van der Waals surface area contributed by atoms with E-state index in [1.54, 1.807) is 26.0 Å². The number of benzene rings is 6. The number of anilines is 4. The maximum absolute atomic E-state index is 13.1. The van der Waals surface area contributed by atoms with Crippen molar-refractivity contribution >= 4 is 82.4 Å². The number of amides is 4. The molecule has 15 nitrogen and oxygen atoms in total. The number of carbonyl (C=O) groups is 3. The molecule has 0 aromatic heterocycles. The van der Waals surface area contributed by atoms with E-state index in [9.17, 15) is 50.5 Å². The quantitative estimate of drug-likeness (QED) is 0.0628. The zero-order valence-corrected chi connectivity index (χ0v) is 29.8. The average molecular weight is 771 g/mol. The van der Waals surface area contributed by atoms with Crippen molar-refractivity contribution in [2.45, 2.75) is 23.6 Å². The fraction of sp³-hybridized carbons (Fsp3) is 0.0541. The zero-order chi connectivity index (χ0) is 39.1. The van der Waals surface area contributed by atoms with Crippen LogP contribution in [0.2, 0.25) is 0 Å². The van der Waals surface area contributed by atoms with Crippen molar-refractivity contribution in [1.82, 2.24) is 10.6 Å². The van der Waals surface area contributed by atoms with Gasteiger partial charge in [-0.2, -0.15) is 16.8 Å². The van der Waals surface area contributed by atoms with Crippen molar-refractivity contribution in [3.8, 4) is 11.5 Å². The second-order valence-electron chi connectivity index (χ2n) is 12.1. The second kappa shape index (κ2) is 14.1. The van der Waals surface area contributed by atoms with Crippen LogP contribution in [-0.4, -0.2) is 54.0 Å². The molecule has 0 aliphatic carbocycles. The molecule has 6 rings (SSSR count). The van der Waals surface area contributed by atoms with Crippen LogP contribution in [0.5, 0.6) is 11.5 Å². The molecule has 17 heteroatoms. The number of carbonyl (C=O) groups excluding carboxylic acids is 3. The first-order chi connectivity index (χ1) is 25.4. The Labute approximate surface area is 307 Å². The minimum absolute atomic E-state index is 0.0208. The molecule has 276 valence electrons. The lowest BCUT2D eigenvalue weighted by atomic mass is 10.1. The minimum atomic E-state index is -4.67. The number of phenolic OH excluding ortho intramolecular Hbond substituents is 2. The molecule has 0 radical (unpaired) electrons. The fourth-order valence-corrected chi connectivity index (χ4v) is 7.27. The van der Waals surface area contributed by atoms with Crippen molar-refractivity contribution in [2.75, 3.05) is 10.6 Å². The van der Waals surface area contributed by atoms with Crippen LogP contribution in [0.3, 0.4) is 0 Å². The van der Waals surface area contributed by atoms with Crippen LogP contribution >= 0.6 is 0 Å². The van der Waals surface area contributed by atoms with Gasteiger partial charge in [-0.3, -0.25) is 29.3 Å². The third kappa shape index (κ3) is 7.50. The van der Waals surface area contributed by atoms with Crippen molar-refractivity contribution in [3.05, 3.63) is 119 Å². The third-order valence-electron chi connectivity index (χ3n) is 8.51. The molecule has 6 aromatic rings. The van der Waals surface area contributed by atoms with Crippen molar-refractivity contribution in [2.24, 2.45) is 0 Å². The SMILES string of the molecule is Cc1ccc(C(=O)NC(=O)NC(=O)c2ccc(C)c(Nc3ccc(O)c4c(S(=O)(=O)O)cccc34)c2)cc1Nc1ccc(O)c2c(S(=O)(=O)O)cccc12. The first-order valence-electron chi connectivity index (χ1n) is 15.8. The molecule has 0 saturated heterocycles. The van der Waals surface area contributed by atoms with Gasteiger partial charge in [0.25, 0.3) is 32.1 Å². The van der Waals surface area contributed by atoms with Gasteiger partial charge in [0.15, 0.2) is 0 Å². The maximum Gasteiger partial charge on any atom is 0.328 e. The van der Waals surface area contributed by atoms with Gasteiger partial charge in [0.2, 0.25) is 0 Å². The van der Waals surface area contributed by atoms with Gasteiger partial charge in [-0.25, -0.2) is 4.79 Å². The molecule has 0 unspecified atom stereocenters. The number of urea groups is 1. The normalized spacial score (nSPS) is 11.6. The predicted octanol–water partition coefficient (Wildman–Crippen LogP) is 6.28. The van der Waals surface area contributed by atoms with Crippen molar-refractivity contribution in [1.29, 1.82) is 0 Å².